The van der Waals surface area contributed by atoms with Crippen LogP contribution in [0.4, 0.5) is 5.69 Å². The van der Waals surface area contributed by atoms with Crippen LogP contribution in [0.1, 0.15) is 49.4 Å². The van der Waals surface area contributed by atoms with Gasteiger partial charge in [0.2, 0.25) is 0 Å². The Hall–Kier alpha value is -4.26. The Morgan fingerprint density at radius 1 is 0.919 bits per heavy atom. The molecule has 1 amide bonds. The second-order valence-corrected chi connectivity index (χ2v) is 8.95. The summed E-state index contributed by atoms with van der Waals surface area (Å²) >= 11 is 0. The summed E-state index contributed by atoms with van der Waals surface area (Å²) in [6, 6.07) is 18.8. The average molecular weight is 502 g/mol. The number of Topliss-reactive ketones (excluding diaryl/α,β-unsaturated/α-hetero) is 1. The Morgan fingerprint density at radius 3 is 2.03 bits per heavy atom. The largest absolute Gasteiger partial charge is 0.506 e. The number of rotatable bonds is 8. The van der Waals surface area contributed by atoms with Gasteiger partial charge in [0.05, 0.1) is 32.4 Å². The number of aliphatic hydroxyl groups is 1. The van der Waals surface area contributed by atoms with Crippen LogP contribution in [0, 0.1) is 0 Å². The minimum atomic E-state index is -0.879. The quantitative estimate of drug-likeness (QED) is 0.237. The number of ether oxygens (including phenoxy) is 3. The van der Waals surface area contributed by atoms with Crippen molar-refractivity contribution < 1.29 is 28.9 Å². The van der Waals surface area contributed by atoms with E-state index in [1.807, 2.05) is 31.2 Å². The van der Waals surface area contributed by atoms with Gasteiger partial charge >= 0.3 is 0 Å². The zero-order valence-electron chi connectivity index (χ0n) is 21.6. The predicted molar refractivity (Wildman–Crippen MR) is 142 cm³/mol. The molecule has 37 heavy (non-hydrogen) atoms. The normalized spacial score (nSPS) is 16.8. The van der Waals surface area contributed by atoms with Crippen molar-refractivity contribution in [3.8, 4) is 17.2 Å². The first-order valence-electron chi connectivity index (χ1n) is 12.2. The van der Waals surface area contributed by atoms with Gasteiger partial charge < -0.3 is 19.3 Å². The van der Waals surface area contributed by atoms with Crippen LogP contribution >= 0.6 is 0 Å². The number of hydrogen-bond donors (Lipinski definition) is 1. The summed E-state index contributed by atoms with van der Waals surface area (Å²) in [5, 5.41) is 11.6. The fraction of sp³-hybridized carbons (Fsp3) is 0.267. The van der Waals surface area contributed by atoms with Gasteiger partial charge in [-0.3, -0.25) is 14.5 Å². The van der Waals surface area contributed by atoms with Crippen LogP contribution in [0.5, 0.6) is 17.2 Å². The van der Waals surface area contributed by atoms with Gasteiger partial charge in [0.15, 0.2) is 0 Å². The fourth-order valence-corrected chi connectivity index (χ4v) is 4.57. The standard InChI is InChI=1S/C30H31NO6/c1-6-37-22-16-12-20(13-17-22)27-26(28(32)25-23(35-4)8-7-9-24(25)36-5)29(33)30(34)31(27)21-14-10-19(11-15-21)18(2)3/h7-18,27,32H,6H2,1-5H3/b28-26+. The lowest BCUT2D eigenvalue weighted by molar-refractivity contribution is -0.132. The molecule has 0 saturated carbocycles. The zero-order valence-corrected chi connectivity index (χ0v) is 21.6. The summed E-state index contributed by atoms with van der Waals surface area (Å²) in [5.41, 5.74) is 2.46. The lowest BCUT2D eigenvalue weighted by Gasteiger charge is -2.26. The summed E-state index contributed by atoms with van der Waals surface area (Å²) in [7, 11) is 2.93. The molecule has 1 saturated heterocycles. The monoisotopic (exact) mass is 501 g/mol. The summed E-state index contributed by atoms with van der Waals surface area (Å²) in [5.74, 6) is -0.290. The highest BCUT2D eigenvalue weighted by Crippen LogP contribution is 2.45. The van der Waals surface area contributed by atoms with Crippen LogP contribution in [0.25, 0.3) is 5.76 Å². The molecule has 4 rings (SSSR count). The van der Waals surface area contributed by atoms with Gasteiger partial charge in [0.25, 0.3) is 11.7 Å². The SMILES string of the molecule is CCOc1ccc(C2/C(=C(\O)c3c(OC)cccc3OC)C(=O)C(=O)N2c2ccc(C(C)C)cc2)cc1. The van der Waals surface area contributed by atoms with Crippen molar-refractivity contribution in [2.45, 2.75) is 32.7 Å². The molecule has 1 N–H and O–H groups in total. The van der Waals surface area contributed by atoms with Crippen molar-refractivity contribution in [3.05, 3.63) is 89.0 Å². The van der Waals surface area contributed by atoms with Crippen LogP contribution in [0.2, 0.25) is 0 Å². The van der Waals surface area contributed by atoms with Crippen LogP contribution in [0.15, 0.2) is 72.3 Å². The first kappa shape index (κ1) is 25.8. The van der Waals surface area contributed by atoms with Crippen LogP contribution < -0.4 is 19.1 Å². The topological polar surface area (TPSA) is 85.3 Å². The minimum Gasteiger partial charge on any atom is -0.506 e. The Morgan fingerprint density at radius 2 is 1.51 bits per heavy atom. The Kier molecular flexibility index (Phi) is 7.53. The van der Waals surface area contributed by atoms with E-state index in [0.717, 1.165) is 5.56 Å². The molecule has 3 aromatic rings. The second-order valence-electron chi connectivity index (χ2n) is 8.95. The van der Waals surface area contributed by atoms with Crippen molar-refractivity contribution in [2.75, 3.05) is 25.7 Å². The summed E-state index contributed by atoms with van der Waals surface area (Å²) in [4.78, 5) is 28.4. The van der Waals surface area contributed by atoms with Gasteiger partial charge in [-0.05, 0) is 60.4 Å². The number of anilines is 1. The molecular formula is C30H31NO6. The summed E-state index contributed by atoms with van der Waals surface area (Å²) in [6.07, 6.45) is 0. The van der Waals surface area contributed by atoms with E-state index in [0.29, 0.717) is 41.0 Å². The van der Waals surface area contributed by atoms with Gasteiger partial charge in [0, 0.05) is 5.69 Å². The van der Waals surface area contributed by atoms with Gasteiger partial charge in [-0.25, -0.2) is 0 Å². The van der Waals surface area contributed by atoms with E-state index in [1.165, 1.54) is 19.1 Å². The van der Waals surface area contributed by atoms with Crippen molar-refractivity contribution in [2.24, 2.45) is 0 Å². The van der Waals surface area contributed by atoms with Crippen molar-refractivity contribution in [1.82, 2.24) is 0 Å². The fourth-order valence-electron chi connectivity index (χ4n) is 4.57. The Balaban J connectivity index is 1.95. The van der Waals surface area contributed by atoms with E-state index >= 15 is 0 Å². The van der Waals surface area contributed by atoms with Crippen molar-refractivity contribution in [1.29, 1.82) is 0 Å². The summed E-state index contributed by atoms with van der Waals surface area (Å²) in [6.45, 7) is 6.57. The third kappa shape index (κ3) is 4.77. The van der Waals surface area contributed by atoms with E-state index in [9.17, 15) is 14.7 Å². The van der Waals surface area contributed by atoms with E-state index in [4.69, 9.17) is 14.2 Å². The van der Waals surface area contributed by atoms with Crippen LogP contribution in [0.3, 0.4) is 0 Å². The molecule has 0 aliphatic carbocycles. The third-order valence-electron chi connectivity index (χ3n) is 6.45. The molecule has 0 bridgehead atoms. The number of carbonyl (C=O) groups excluding carboxylic acids is 2. The highest BCUT2D eigenvalue weighted by Gasteiger charge is 2.47. The number of carbonyl (C=O) groups is 2. The molecule has 0 aromatic heterocycles. The smallest absolute Gasteiger partial charge is 0.300 e. The van der Waals surface area contributed by atoms with E-state index < -0.39 is 17.7 Å². The zero-order chi connectivity index (χ0) is 26.7. The molecule has 7 heteroatoms. The molecule has 1 atom stereocenters. The number of methoxy groups -OCH3 is 2. The molecule has 3 aromatic carbocycles. The van der Waals surface area contributed by atoms with Crippen molar-refractivity contribution >= 4 is 23.1 Å². The third-order valence-corrected chi connectivity index (χ3v) is 6.45. The number of amides is 1. The molecule has 1 aliphatic rings. The number of aliphatic hydroxyl groups excluding tert-OH is 1. The van der Waals surface area contributed by atoms with Gasteiger partial charge in [-0.15, -0.1) is 0 Å². The lowest BCUT2D eigenvalue weighted by Crippen LogP contribution is -2.29. The first-order valence-corrected chi connectivity index (χ1v) is 12.2. The maximum Gasteiger partial charge on any atom is 0.300 e. The maximum atomic E-state index is 13.5. The Bertz CT molecular complexity index is 1300. The highest BCUT2D eigenvalue weighted by atomic mass is 16.5. The predicted octanol–water partition coefficient (Wildman–Crippen LogP) is 5.85. The number of benzene rings is 3. The molecule has 7 nitrogen and oxygen atoms in total. The molecular weight excluding hydrogens is 470 g/mol. The number of nitrogens with zero attached hydrogens (tertiary/aromatic N) is 1. The lowest BCUT2D eigenvalue weighted by atomic mass is 9.94. The average Bonchev–Trinajstić information content (AvgIpc) is 3.18. The second kappa shape index (κ2) is 10.8. The minimum absolute atomic E-state index is 0.0510. The van der Waals surface area contributed by atoms with Gasteiger partial charge in [-0.2, -0.15) is 0 Å². The van der Waals surface area contributed by atoms with E-state index in [-0.39, 0.29) is 16.9 Å². The number of hydrogen-bond acceptors (Lipinski definition) is 6. The molecule has 192 valence electrons. The summed E-state index contributed by atoms with van der Waals surface area (Å²) < 4.78 is 16.5. The molecule has 1 aliphatic heterocycles. The van der Waals surface area contributed by atoms with Gasteiger partial charge in [0.1, 0.15) is 28.6 Å². The first-order chi connectivity index (χ1) is 17.8. The molecule has 1 fully saturated rings. The Labute approximate surface area is 216 Å². The van der Waals surface area contributed by atoms with Crippen LogP contribution in [-0.4, -0.2) is 37.6 Å². The molecule has 1 heterocycles. The van der Waals surface area contributed by atoms with Crippen molar-refractivity contribution in [3.63, 3.8) is 0 Å². The van der Waals surface area contributed by atoms with Crippen LogP contribution in [-0.2, 0) is 9.59 Å². The van der Waals surface area contributed by atoms with Gasteiger partial charge in [-0.1, -0.05) is 44.2 Å². The van der Waals surface area contributed by atoms with E-state index in [2.05, 4.69) is 13.8 Å². The molecule has 0 radical (unpaired) electrons. The number of ketones is 1. The molecule has 0 spiro atoms. The molecule has 1 unspecified atom stereocenters. The maximum absolute atomic E-state index is 13.5. The highest BCUT2D eigenvalue weighted by molar-refractivity contribution is 6.51. The van der Waals surface area contributed by atoms with E-state index in [1.54, 1.807) is 42.5 Å².